The minimum Gasteiger partial charge on any atom is -0.495 e. The fourth-order valence-corrected chi connectivity index (χ4v) is 3.27. The normalized spacial score (nSPS) is 10.6. The van der Waals surface area contributed by atoms with Crippen LogP contribution in [0.2, 0.25) is 5.02 Å². The monoisotopic (exact) mass is 421 g/mol. The van der Waals surface area contributed by atoms with E-state index in [9.17, 15) is 9.59 Å². The van der Waals surface area contributed by atoms with Crippen LogP contribution < -0.4 is 15.4 Å². The van der Waals surface area contributed by atoms with E-state index >= 15 is 0 Å². The van der Waals surface area contributed by atoms with Gasteiger partial charge in [-0.15, -0.1) is 11.8 Å². The quantitative estimate of drug-likeness (QED) is 0.599. The topological polar surface area (TPSA) is 70.7 Å². The summed E-state index contributed by atoms with van der Waals surface area (Å²) in [6, 6.07) is 12.7. The van der Waals surface area contributed by atoms with E-state index in [0.29, 0.717) is 23.0 Å². The van der Waals surface area contributed by atoms with Gasteiger partial charge in [0, 0.05) is 22.9 Å². The Bertz CT molecular complexity index is 832. The summed E-state index contributed by atoms with van der Waals surface area (Å²) in [5.74, 6) is 0.230. The highest BCUT2D eigenvalue weighted by Gasteiger charge is 2.12. The second-order valence-corrected chi connectivity index (χ2v) is 7.41. The molecule has 0 unspecified atom stereocenters. The minimum absolute atomic E-state index is 0.0923. The van der Waals surface area contributed by atoms with Crippen LogP contribution in [0.25, 0.3) is 0 Å². The zero-order chi connectivity index (χ0) is 20.5. The Balaban J connectivity index is 1.82. The third-order valence-corrected chi connectivity index (χ3v) is 4.98. The van der Waals surface area contributed by atoms with E-state index in [1.165, 1.54) is 7.11 Å². The average Bonchev–Trinajstić information content (AvgIpc) is 2.67. The van der Waals surface area contributed by atoms with Crippen LogP contribution in [0.3, 0.4) is 0 Å². The summed E-state index contributed by atoms with van der Waals surface area (Å²) >= 11 is 7.55. The van der Waals surface area contributed by atoms with Crippen LogP contribution in [-0.2, 0) is 9.59 Å². The van der Waals surface area contributed by atoms with Crippen molar-refractivity contribution in [2.75, 3.05) is 44.1 Å². The van der Waals surface area contributed by atoms with Crippen molar-refractivity contribution in [1.29, 1.82) is 0 Å². The number of carbonyl (C=O) groups is 2. The Morgan fingerprint density at radius 2 is 1.82 bits per heavy atom. The third-order valence-electron chi connectivity index (χ3n) is 3.95. The van der Waals surface area contributed by atoms with Gasteiger partial charge in [0.2, 0.25) is 11.8 Å². The zero-order valence-electron chi connectivity index (χ0n) is 16.1. The molecule has 28 heavy (non-hydrogen) atoms. The lowest BCUT2D eigenvalue weighted by atomic mass is 10.3. The van der Waals surface area contributed by atoms with Gasteiger partial charge in [-0.2, -0.15) is 0 Å². The number of carbonyl (C=O) groups excluding carboxylic acids is 2. The van der Waals surface area contributed by atoms with Gasteiger partial charge in [-0.3, -0.25) is 14.5 Å². The van der Waals surface area contributed by atoms with E-state index in [1.54, 1.807) is 41.9 Å². The van der Waals surface area contributed by atoms with Crippen LogP contribution in [0.15, 0.2) is 47.4 Å². The highest BCUT2D eigenvalue weighted by molar-refractivity contribution is 7.98. The molecule has 6 nitrogen and oxygen atoms in total. The molecule has 0 radical (unpaired) electrons. The smallest absolute Gasteiger partial charge is 0.238 e. The first kappa shape index (κ1) is 22.1. The molecule has 0 aliphatic carbocycles. The molecule has 0 spiro atoms. The van der Waals surface area contributed by atoms with Gasteiger partial charge < -0.3 is 15.4 Å². The van der Waals surface area contributed by atoms with E-state index < -0.39 is 0 Å². The molecule has 0 fully saturated rings. The van der Waals surface area contributed by atoms with E-state index in [0.717, 1.165) is 10.6 Å². The predicted octanol–water partition coefficient (Wildman–Crippen LogP) is 3.97. The number of para-hydroxylation sites is 1. The van der Waals surface area contributed by atoms with Crippen molar-refractivity contribution in [2.24, 2.45) is 0 Å². The summed E-state index contributed by atoms with van der Waals surface area (Å²) in [7, 11) is 3.32. The number of hydrogen-bond acceptors (Lipinski definition) is 5. The lowest BCUT2D eigenvalue weighted by Crippen LogP contribution is -2.32. The molecule has 0 bridgehead atoms. The number of hydrogen-bond donors (Lipinski definition) is 2. The number of rotatable bonds is 9. The molecule has 8 heteroatoms. The minimum atomic E-state index is -0.212. The van der Waals surface area contributed by atoms with Crippen LogP contribution in [0.5, 0.6) is 5.75 Å². The molecule has 2 rings (SSSR count). The highest BCUT2D eigenvalue weighted by atomic mass is 35.5. The molecule has 2 aromatic carbocycles. The molecular weight excluding hydrogens is 398 g/mol. The standard InChI is InChI=1S/C20H24ClN3O3S/c1-24(11-10-19(25)22-15-6-4-5-7-18(15)28-3)13-20(26)23-16-12-14(21)8-9-17(16)27-2/h4-9,12H,10-11,13H2,1-3H3,(H,22,25)(H,23,26). The SMILES string of the molecule is COc1ccc(Cl)cc1NC(=O)CN(C)CCC(=O)Nc1ccccc1SC. The number of methoxy groups -OCH3 is 1. The summed E-state index contributed by atoms with van der Waals surface area (Å²) in [6.45, 7) is 0.595. The molecule has 2 amide bonds. The van der Waals surface area contributed by atoms with Gasteiger partial charge in [0.1, 0.15) is 5.75 Å². The second kappa shape index (κ2) is 10.9. The maximum absolute atomic E-state index is 12.3. The van der Waals surface area contributed by atoms with Gasteiger partial charge in [0.05, 0.1) is 25.0 Å². The second-order valence-electron chi connectivity index (χ2n) is 6.13. The van der Waals surface area contributed by atoms with Crippen molar-refractivity contribution in [2.45, 2.75) is 11.3 Å². The first-order valence-electron chi connectivity index (χ1n) is 8.67. The maximum atomic E-state index is 12.3. The summed E-state index contributed by atoms with van der Waals surface area (Å²) in [5, 5.41) is 6.20. The van der Waals surface area contributed by atoms with Gasteiger partial charge in [-0.25, -0.2) is 0 Å². The van der Waals surface area contributed by atoms with E-state index in [-0.39, 0.29) is 24.8 Å². The molecule has 0 aliphatic rings. The molecule has 0 atom stereocenters. The number of likely N-dealkylation sites (N-methyl/N-ethyl adjacent to an activating group) is 1. The van der Waals surface area contributed by atoms with Crippen molar-refractivity contribution in [3.05, 3.63) is 47.5 Å². The Kier molecular flexibility index (Phi) is 8.63. The van der Waals surface area contributed by atoms with Crippen LogP contribution >= 0.6 is 23.4 Å². The molecule has 0 saturated heterocycles. The molecule has 0 heterocycles. The number of ether oxygens (including phenoxy) is 1. The number of thioether (sulfide) groups is 1. The van der Waals surface area contributed by atoms with Gasteiger partial charge >= 0.3 is 0 Å². The Morgan fingerprint density at radius 1 is 1.11 bits per heavy atom. The molecular formula is C20H24ClN3O3S. The summed E-state index contributed by atoms with van der Waals surface area (Å²) in [5.41, 5.74) is 1.31. The summed E-state index contributed by atoms with van der Waals surface area (Å²) < 4.78 is 5.22. The predicted molar refractivity (Wildman–Crippen MR) is 116 cm³/mol. The number of nitrogens with zero attached hydrogens (tertiary/aromatic N) is 1. The van der Waals surface area contributed by atoms with Crippen molar-refractivity contribution >= 4 is 46.6 Å². The maximum Gasteiger partial charge on any atom is 0.238 e. The Hall–Kier alpha value is -2.22. The number of nitrogens with one attached hydrogen (secondary N) is 2. The van der Waals surface area contributed by atoms with E-state index in [1.807, 2.05) is 30.5 Å². The first-order valence-corrected chi connectivity index (χ1v) is 10.3. The molecule has 0 saturated carbocycles. The Morgan fingerprint density at radius 3 is 2.54 bits per heavy atom. The molecule has 0 aliphatic heterocycles. The van der Waals surface area contributed by atoms with Crippen molar-refractivity contribution in [3.63, 3.8) is 0 Å². The number of amides is 2. The fraction of sp³-hybridized carbons (Fsp3) is 0.300. The van der Waals surface area contributed by atoms with Crippen LogP contribution in [0, 0.1) is 0 Å². The summed E-state index contributed by atoms with van der Waals surface area (Å²) in [6.07, 6.45) is 2.25. The van der Waals surface area contributed by atoms with Crippen LogP contribution in [0.4, 0.5) is 11.4 Å². The van der Waals surface area contributed by atoms with Crippen molar-refractivity contribution < 1.29 is 14.3 Å². The van der Waals surface area contributed by atoms with E-state index in [4.69, 9.17) is 16.3 Å². The van der Waals surface area contributed by atoms with Gasteiger partial charge in [-0.1, -0.05) is 23.7 Å². The van der Waals surface area contributed by atoms with Crippen molar-refractivity contribution in [1.82, 2.24) is 4.90 Å². The lowest BCUT2D eigenvalue weighted by molar-refractivity contribution is -0.119. The van der Waals surface area contributed by atoms with E-state index in [2.05, 4.69) is 10.6 Å². The number of benzene rings is 2. The molecule has 2 N–H and O–H groups in total. The molecule has 0 aromatic heterocycles. The largest absolute Gasteiger partial charge is 0.495 e. The van der Waals surface area contributed by atoms with Gasteiger partial charge in [0.25, 0.3) is 0 Å². The first-order chi connectivity index (χ1) is 13.4. The third kappa shape index (κ3) is 6.74. The zero-order valence-corrected chi connectivity index (χ0v) is 17.7. The van der Waals surface area contributed by atoms with Crippen LogP contribution in [0.1, 0.15) is 6.42 Å². The van der Waals surface area contributed by atoms with Gasteiger partial charge in [-0.05, 0) is 43.6 Å². The van der Waals surface area contributed by atoms with Crippen LogP contribution in [-0.4, -0.2) is 50.2 Å². The lowest BCUT2D eigenvalue weighted by Gasteiger charge is -2.17. The Labute approximate surface area is 174 Å². The molecule has 150 valence electrons. The van der Waals surface area contributed by atoms with Crippen molar-refractivity contribution in [3.8, 4) is 5.75 Å². The average molecular weight is 422 g/mol. The summed E-state index contributed by atoms with van der Waals surface area (Å²) in [4.78, 5) is 27.3. The van der Waals surface area contributed by atoms with Gasteiger partial charge in [0.15, 0.2) is 0 Å². The number of halogens is 1. The number of anilines is 2. The fourth-order valence-electron chi connectivity index (χ4n) is 2.54. The highest BCUT2D eigenvalue weighted by Crippen LogP contribution is 2.27. The molecule has 2 aromatic rings.